The summed E-state index contributed by atoms with van der Waals surface area (Å²) in [6.45, 7) is 0. The van der Waals surface area contributed by atoms with Crippen LogP contribution in [0.15, 0.2) is 30.3 Å². The number of carboxylic acid groups (broad SMARTS) is 1. The van der Waals surface area contributed by atoms with Crippen LogP contribution in [0.2, 0.25) is 0 Å². The molecule has 0 saturated heterocycles. The van der Waals surface area contributed by atoms with Crippen LogP contribution in [0.1, 0.15) is 57.8 Å². The van der Waals surface area contributed by atoms with Crippen molar-refractivity contribution in [2.45, 2.75) is 76.1 Å². The molecule has 5 atom stereocenters. The van der Waals surface area contributed by atoms with Gasteiger partial charge in [0.25, 0.3) is 0 Å². The third-order valence-corrected chi connectivity index (χ3v) is 5.71. The van der Waals surface area contributed by atoms with Crippen molar-refractivity contribution in [2.75, 3.05) is 0 Å². The van der Waals surface area contributed by atoms with Gasteiger partial charge in [-0.2, -0.15) is 0 Å². The highest BCUT2D eigenvalue weighted by molar-refractivity contribution is 5.76. The molecule has 0 aliphatic heterocycles. The largest absolute Gasteiger partial charge is 0.481 e. The van der Waals surface area contributed by atoms with Crippen molar-refractivity contribution in [3.05, 3.63) is 30.3 Å². The summed E-state index contributed by atoms with van der Waals surface area (Å²) in [5, 5.41) is 39.4. The summed E-state index contributed by atoms with van der Waals surface area (Å²) in [6.07, 6.45) is 2.47. The van der Waals surface area contributed by atoms with Gasteiger partial charge in [0.15, 0.2) is 6.10 Å². The number of carbonyl (C=O) groups excluding carboxylic acids is 1. The maximum absolute atomic E-state index is 12.0. The summed E-state index contributed by atoms with van der Waals surface area (Å²) in [6, 6.07) is 8.53. The molecule has 1 aromatic rings. The van der Waals surface area contributed by atoms with Crippen molar-refractivity contribution in [2.24, 2.45) is 11.8 Å². The van der Waals surface area contributed by atoms with Gasteiger partial charge in [-0.15, -0.1) is 0 Å². The molecule has 0 heterocycles. The minimum atomic E-state index is -1.28. The van der Waals surface area contributed by atoms with Crippen LogP contribution in [-0.2, 0) is 9.59 Å². The Balaban J connectivity index is 1.76. The highest BCUT2D eigenvalue weighted by Crippen LogP contribution is 2.39. The number of para-hydroxylation sites is 1. The Hall–Kier alpha value is -1.96. The van der Waals surface area contributed by atoms with E-state index in [-0.39, 0.29) is 24.7 Å². The molecule has 0 aromatic heterocycles. The molecule has 7 nitrogen and oxygen atoms in total. The third kappa shape index (κ3) is 7.76. The molecule has 0 bridgehead atoms. The van der Waals surface area contributed by atoms with Crippen LogP contribution in [-0.4, -0.2) is 50.7 Å². The second-order valence-corrected chi connectivity index (χ2v) is 7.87. The quantitative estimate of drug-likeness (QED) is 0.238. The fourth-order valence-electron chi connectivity index (χ4n) is 4.13. The Morgan fingerprint density at radius 3 is 2.24 bits per heavy atom. The topological polar surface area (TPSA) is 124 Å². The van der Waals surface area contributed by atoms with E-state index in [1.165, 1.54) is 0 Å². The van der Waals surface area contributed by atoms with Crippen LogP contribution in [0.3, 0.4) is 0 Å². The number of ether oxygens (including phenoxy) is 1. The Bertz CT molecular complexity index is 633. The molecule has 0 spiro atoms. The molecule has 1 aromatic carbocycles. The van der Waals surface area contributed by atoms with Crippen molar-refractivity contribution in [1.82, 2.24) is 0 Å². The summed E-state index contributed by atoms with van der Waals surface area (Å²) >= 11 is 0. The van der Waals surface area contributed by atoms with Gasteiger partial charge in [0, 0.05) is 6.42 Å². The molecule has 0 amide bonds. The van der Waals surface area contributed by atoms with E-state index < -0.39 is 30.3 Å². The molecule has 7 heteroatoms. The van der Waals surface area contributed by atoms with Crippen LogP contribution >= 0.6 is 0 Å². The summed E-state index contributed by atoms with van der Waals surface area (Å²) in [7, 11) is 0. The lowest BCUT2D eigenvalue weighted by Gasteiger charge is -2.24. The number of carboxylic acids is 1. The number of benzene rings is 1. The molecule has 0 radical (unpaired) electrons. The lowest BCUT2D eigenvalue weighted by Crippen LogP contribution is -2.29. The molecular weight excluding hydrogens is 376 g/mol. The Kier molecular flexibility index (Phi) is 9.57. The van der Waals surface area contributed by atoms with Gasteiger partial charge in [-0.1, -0.05) is 37.5 Å². The number of unbranched alkanes of at least 4 members (excludes halogenated alkanes) is 3. The van der Waals surface area contributed by atoms with Crippen LogP contribution in [0.5, 0.6) is 5.75 Å². The molecule has 1 aliphatic carbocycles. The zero-order chi connectivity index (χ0) is 21.2. The minimum Gasteiger partial charge on any atom is -0.481 e. The first-order valence-corrected chi connectivity index (χ1v) is 10.4. The van der Waals surface area contributed by atoms with Crippen LogP contribution in [0.4, 0.5) is 0 Å². The number of aliphatic carboxylic acids is 1. The van der Waals surface area contributed by atoms with E-state index in [4.69, 9.17) is 9.84 Å². The number of esters is 1. The summed E-state index contributed by atoms with van der Waals surface area (Å²) in [4.78, 5) is 22.6. The number of aliphatic hydroxyl groups is 3. The van der Waals surface area contributed by atoms with E-state index in [0.29, 0.717) is 25.0 Å². The highest BCUT2D eigenvalue weighted by Gasteiger charge is 2.41. The van der Waals surface area contributed by atoms with Crippen molar-refractivity contribution in [1.29, 1.82) is 0 Å². The number of hydrogen-bond acceptors (Lipinski definition) is 6. The molecule has 2 rings (SSSR count). The van der Waals surface area contributed by atoms with Crippen molar-refractivity contribution in [3.8, 4) is 5.75 Å². The molecule has 29 heavy (non-hydrogen) atoms. The maximum atomic E-state index is 12.0. The van der Waals surface area contributed by atoms with Gasteiger partial charge >= 0.3 is 11.9 Å². The first kappa shape index (κ1) is 23.3. The first-order chi connectivity index (χ1) is 13.9. The van der Waals surface area contributed by atoms with Gasteiger partial charge in [-0.3, -0.25) is 4.79 Å². The Morgan fingerprint density at radius 1 is 0.966 bits per heavy atom. The van der Waals surface area contributed by atoms with Crippen LogP contribution in [0, 0.1) is 11.8 Å². The maximum Gasteiger partial charge on any atom is 0.340 e. The van der Waals surface area contributed by atoms with Crippen molar-refractivity contribution in [3.63, 3.8) is 0 Å². The molecule has 4 N–H and O–H groups in total. The molecular formula is C22H32O7. The zero-order valence-electron chi connectivity index (χ0n) is 16.7. The monoisotopic (exact) mass is 408 g/mol. The Labute approximate surface area is 171 Å². The summed E-state index contributed by atoms with van der Waals surface area (Å²) in [5.74, 6) is -1.40. The van der Waals surface area contributed by atoms with Gasteiger partial charge in [0.1, 0.15) is 5.75 Å². The van der Waals surface area contributed by atoms with Gasteiger partial charge in [0.05, 0.1) is 12.2 Å². The Morgan fingerprint density at radius 2 is 1.59 bits per heavy atom. The first-order valence-electron chi connectivity index (χ1n) is 10.4. The van der Waals surface area contributed by atoms with E-state index in [1.54, 1.807) is 30.3 Å². The van der Waals surface area contributed by atoms with E-state index in [9.17, 15) is 24.9 Å². The van der Waals surface area contributed by atoms with E-state index in [0.717, 1.165) is 25.7 Å². The minimum absolute atomic E-state index is 0.0817. The average Bonchev–Trinajstić information content (AvgIpc) is 2.95. The van der Waals surface area contributed by atoms with Crippen molar-refractivity contribution < 1.29 is 34.8 Å². The third-order valence-electron chi connectivity index (χ3n) is 5.71. The second-order valence-electron chi connectivity index (χ2n) is 7.87. The predicted molar refractivity (Wildman–Crippen MR) is 106 cm³/mol. The van der Waals surface area contributed by atoms with Gasteiger partial charge in [-0.05, 0) is 56.1 Å². The zero-order valence-corrected chi connectivity index (χ0v) is 16.7. The standard InChI is InChI=1S/C22H32O7/c23-18(22(28)29-15-8-4-3-5-9-15)13-12-17-16(19(24)14-20(17)25)10-6-1-2-7-11-21(26)27/h3-5,8-9,16-20,23-25H,1-2,6-7,10-14H2,(H,26,27)/t16-,17-,18?,19+,20-/m1/s1. The highest BCUT2D eigenvalue weighted by atomic mass is 16.5. The predicted octanol–water partition coefficient (Wildman–Crippen LogP) is 2.52. The molecule has 1 fully saturated rings. The SMILES string of the molecule is O=C(O)CCCCCC[C@@H]1[C@@H](CCC(O)C(=O)Oc2ccccc2)[C@H](O)C[C@@H]1O. The summed E-state index contributed by atoms with van der Waals surface area (Å²) in [5.41, 5.74) is 0. The fourth-order valence-corrected chi connectivity index (χ4v) is 4.13. The molecule has 1 aliphatic rings. The van der Waals surface area contributed by atoms with Gasteiger partial charge < -0.3 is 25.2 Å². The molecule has 162 valence electrons. The number of rotatable bonds is 12. The lowest BCUT2D eigenvalue weighted by atomic mass is 9.85. The van der Waals surface area contributed by atoms with Crippen molar-refractivity contribution >= 4 is 11.9 Å². The van der Waals surface area contributed by atoms with Gasteiger partial charge in [0.2, 0.25) is 0 Å². The number of aliphatic hydroxyl groups excluding tert-OH is 3. The van der Waals surface area contributed by atoms with E-state index in [2.05, 4.69) is 0 Å². The molecule has 1 unspecified atom stereocenters. The normalized spacial score (nSPS) is 24.9. The van der Waals surface area contributed by atoms with E-state index in [1.807, 2.05) is 0 Å². The lowest BCUT2D eigenvalue weighted by molar-refractivity contribution is -0.144. The van der Waals surface area contributed by atoms with Crippen LogP contribution in [0.25, 0.3) is 0 Å². The smallest absolute Gasteiger partial charge is 0.340 e. The fraction of sp³-hybridized carbons (Fsp3) is 0.636. The number of hydrogen-bond donors (Lipinski definition) is 4. The van der Waals surface area contributed by atoms with E-state index >= 15 is 0 Å². The average molecular weight is 408 g/mol. The summed E-state index contributed by atoms with van der Waals surface area (Å²) < 4.78 is 5.14. The van der Waals surface area contributed by atoms with Crippen LogP contribution < -0.4 is 4.74 Å². The number of carbonyl (C=O) groups is 2. The molecule has 1 saturated carbocycles. The van der Waals surface area contributed by atoms with Gasteiger partial charge in [-0.25, -0.2) is 4.79 Å². The second kappa shape index (κ2) is 11.9.